The van der Waals surface area contributed by atoms with Crippen LogP contribution < -0.4 is 21.1 Å². The Hall–Kier alpha value is -2.55. The van der Waals surface area contributed by atoms with Crippen LogP contribution in [0.4, 0.5) is 11.4 Å². The Morgan fingerprint density at radius 3 is 2.63 bits per heavy atom. The Morgan fingerprint density at radius 2 is 1.91 bits per heavy atom. The molecule has 0 aromatic heterocycles. The average Bonchev–Trinajstić information content (AvgIpc) is 3.03. The highest BCUT2D eigenvalue weighted by atomic mass is 32.2. The molecule has 0 bridgehead atoms. The van der Waals surface area contributed by atoms with Crippen LogP contribution in [0.3, 0.4) is 0 Å². The fourth-order valence-electron chi connectivity index (χ4n) is 5.34. The predicted molar refractivity (Wildman–Crippen MR) is 145 cm³/mol. The second kappa shape index (κ2) is 10.6. The number of unbranched alkanes of at least 4 members (excludes halogenated alkanes) is 1. The number of anilines is 1. The van der Waals surface area contributed by atoms with Crippen molar-refractivity contribution in [3.8, 4) is 5.75 Å². The molecule has 4 N–H and O–H groups in total. The maximum atomic E-state index is 11.6. The van der Waals surface area contributed by atoms with Gasteiger partial charge in [-0.15, -0.1) is 11.8 Å². The fraction of sp³-hybridized carbons (Fsp3) is 0.481. The van der Waals surface area contributed by atoms with Gasteiger partial charge in [0.25, 0.3) is 0 Å². The van der Waals surface area contributed by atoms with Gasteiger partial charge in [0.1, 0.15) is 0 Å². The van der Waals surface area contributed by atoms with Gasteiger partial charge >= 0.3 is 5.69 Å². The minimum absolute atomic E-state index is 0.00245. The Balaban J connectivity index is 1.60. The third kappa shape index (κ3) is 5.06. The van der Waals surface area contributed by atoms with Gasteiger partial charge in [-0.1, -0.05) is 38.1 Å². The number of hydrogen-bond acceptors (Lipinski definition) is 7. The molecule has 2 aliphatic heterocycles. The van der Waals surface area contributed by atoms with E-state index in [1.165, 1.54) is 16.8 Å². The van der Waals surface area contributed by atoms with Crippen LogP contribution in [0.1, 0.15) is 49.8 Å². The van der Waals surface area contributed by atoms with E-state index in [0.29, 0.717) is 25.3 Å². The van der Waals surface area contributed by atoms with Crippen LogP contribution in [-0.4, -0.2) is 43.0 Å². The lowest BCUT2D eigenvalue weighted by molar-refractivity contribution is -0.385. The summed E-state index contributed by atoms with van der Waals surface area (Å²) in [6.45, 7) is 6.21. The monoisotopic (exact) mass is 496 g/mol. The molecule has 0 spiro atoms. The maximum Gasteiger partial charge on any atom is 0.311 e. The number of nitro groups is 1. The SMILES string of the molecule is CN1c2cc(CCCCN)ccc2C(C)(C)C1C1C=Cc2cc([N+](=O)[O-])c(OCCCN)cc2S1. The van der Waals surface area contributed by atoms with Gasteiger partial charge in [0.05, 0.1) is 17.6 Å². The molecule has 0 amide bonds. The van der Waals surface area contributed by atoms with E-state index < -0.39 is 0 Å². The molecule has 188 valence electrons. The highest BCUT2D eigenvalue weighted by molar-refractivity contribution is 8.00. The summed E-state index contributed by atoms with van der Waals surface area (Å²) in [5.41, 5.74) is 16.1. The van der Waals surface area contributed by atoms with Gasteiger partial charge in [-0.2, -0.15) is 0 Å². The lowest BCUT2D eigenvalue weighted by Gasteiger charge is -2.38. The molecule has 2 unspecified atom stereocenters. The fourth-order valence-corrected chi connectivity index (χ4v) is 6.88. The molecule has 0 saturated carbocycles. The van der Waals surface area contributed by atoms with E-state index >= 15 is 0 Å². The van der Waals surface area contributed by atoms with Crippen LogP contribution >= 0.6 is 11.8 Å². The maximum absolute atomic E-state index is 11.6. The van der Waals surface area contributed by atoms with Crippen molar-refractivity contribution in [1.29, 1.82) is 0 Å². The molecule has 2 atom stereocenters. The molecule has 35 heavy (non-hydrogen) atoms. The average molecular weight is 497 g/mol. The largest absolute Gasteiger partial charge is 0.487 e. The minimum atomic E-state index is -0.377. The summed E-state index contributed by atoms with van der Waals surface area (Å²) < 4.78 is 5.75. The van der Waals surface area contributed by atoms with Crippen LogP contribution in [0.15, 0.2) is 41.3 Å². The lowest BCUT2D eigenvalue weighted by Crippen LogP contribution is -2.46. The molecule has 0 radical (unpaired) electrons. The van der Waals surface area contributed by atoms with Crippen molar-refractivity contribution in [3.05, 3.63) is 63.2 Å². The summed E-state index contributed by atoms with van der Waals surface area (Å²) in [7, 11) is 2.18. The zero-order valence-electron chi connectivity index (χ0n) is 20.8. The molecule has 0 aliphatic carbocycles. The highest BCUT2D eigenvalue weighted by Gasteiger charge is 2.47. The third-order valence-electron chi connectivity index (χ3n) is 7.15. The number of fused-ring (bicyclic) bond motifs is 2. The van der Waals surface area contributed by atoms with Crippen LogP contribution in [0.2, 0.25) is 0 Å². The summed E-state index contributed by atoms with van der Waals surface area (Å²) in [4.78, 5) is 14.7. The number of ether oxygens (including phenoxy) is 1. The first-order valence-corrected chi connectivity index (χ1v) is 13.2. The van der Waals surface area contributed by atoms with Crippen molar-refractivity contribution in [3.63, 3.8) is 0 Å². The molecular formula is C27H36N4O3S. The standard InChI is InChI=1S/C27H36N4O3S/c1-27(2)20-10-8-18(7-4-5-12-28)15-21(20)30(3)26(27)24-11-9-19-16-22(31(32)33)23(17-25(19)35-24)34-14-6-13-29/h8-11,15-17,24,26H,4-7,12-14,28-29H2,1-3H3. The van der Waals surface area contributed by atoms with Gasteiger partial charge in [0.2, 0.25) is 0 Å². The summed E-state index contributed by atoms with van der Waals surface area (Å²) in [6.07, 6.45) is 8.06. The van der Waals surface area contributed by atoms with Crippen molar-refractivity contribution in [2.75, 3.05) is 31.6 Å². The van der Waals surface area contributed by atoms with E-state index in [4.69, 9.17) is 16.2 Å². The first-order chi connectivity index (χ1) is 16.8. The van der Waals surface area contributed by atoms with Crippen molar-refractivity contribution in [1.82, 2.24) is 0 Å². The van der Waals surface area contributed by atoms with Gasteiger partial charge < -0.3 is 21.1 Å². The molecule has 2 aromatic rings. The molecule has 0 fully saturated rings. The number of aryl methyl sites for hydroxylation is 1. The molecule has 2 aromatic carbocycles. The Kier molecular flexibility index (Phi) is 7.73. The van der Waals surface area contributed by atoms with Gasteiger partial charge in [0, 0.05) is 40.4 Å². The first kappa shape index (κ1) is 25.5. The van der Waals surface area contributed by atoms with Crippen molar-refractivity contribution >= 4 is 29.2 Å². The van der Waals surface area contributed by atoms with Gasteiger partial charge in [-0.25, -0.2) is 0 Å². The van der Waals surface area contributed by atoms with Crippen LogP contribution in [0, 0.1) is 10.1 Å². The number of hydrogen-bond donors (Lipinski definition) is 2. The predicted octanol–water partition coefficient (Wildman–Crippen LogP) is 4.89. The number of nitrogens with zero attached hydrogens (tertiary/aromatic N) is 2. The number of rotatable bonds is 10. The first-order valence-electron chi connectivity index (χ1n) is 12.3. The topological polar surface area (TPSA) is 108 Å². The smallest absolute Gasteiger partial charge is 0.311 e. The molecule has 8 heteroatoms. The second-order valence-corrected chi connectivity index (χ2v) is 11.1. The van der Waals surface area contributed by atoms with E-state index in [2.05, 4.69) is 50.1 Å². The van der Waals surface area contributed by atoms with Crippen LogP contribution in [-0.2, 0) is 11.8 Å². The van der Waals surface area contributed by atoms with Crippen molar-refractivity contribution in [2.24, 2.45) is 11.5 Å². The number of nitro benzene ring substituents is 1. The minimum Gasteiger partial charge on any atom is -0.487 e. The molecular weight excluding hydrogens is 460 g/mol. The Bertz CT molecular complexity index is 1120. The molecule has 2 heterocycles. The van der Waals surface area contributed by atoms with E-state index in [-0.39, 0.29) is 27.3 Å². The van der Waals surface area contributed by atoms with Crippen molar-refractivity contribution in [2.45, 2.75) is 61.1 Å². The van der Waals surface area contributed by atoms with Crippen LogP contribution in [0.5, 0.6) is 5.75 Å². The highest BCUT2D eigenvalue weighted by Crippen LogP contribution is 2.51. The van der Waals surface area contributed by atoms with Gasteiger partial charge in [-0.05, 0) is 61.5 Å². The number of nitrogens with two attached hydrogens (primary N) is 2. The number of benzene rings is 2. The Labute approximate surface area is 212 Å². The van der Waals surface area contributed by atoms with E-state index in [0.717, 1.165) is 36.3 Å². The zero-order chi connectivity index (χ0) is 25.2. The van der Waals surface area contributed by atoms with Gasteiger partial charge in [0.15, 0.2) is 5.75 Å². The summed E-state index contributed by atoms with van der Waals surface area (Å²) in [5.74, 6) is 0.313. The third-order valence-corrected chi connectivity index (χ3v) is 8.44. The van der Waals surface area contributed by atoms with Crippen LogP contribution in [0.25, 0.3) is 6.08 Å². The van der Waals surface area contributed by atoms with E-state index in [9.17, 15) is 10.1 Å². The molecule has 2 aliphatic rings. The lowest BCUT2D eigenvalue weighted by atomic mass is 9.78. The Morgan fingerprint density at radius 1 is 1.14 bits per heavy atom. The quantitative estimate of drug-likeness (QED) is 0.274. The zero-order valence-corrected chi connectivity index (χ0v) is 21.6. The molecule has 4 rings (SSSR count). The summed E-state index contributed by atoms with van der Waals surface area (Å²) in [5, 5.41) is 11.8. The number of thioether (sulfide) groups is 1. The second-order valence-electron chi connectivity index (χ2n) is 9.92. The summed E-state index contributed by atoms with van der Waals surface area (Å²) in [6, 6.07) is 10.6. The van der Waals surface area contributed by atoms with Crippen molar-refractivity contribution < 1.29 is 9.66 Å². The van der Waals surface area contributed by atoms with E-state index in [1.807, 2.05) is 12.1 Å². The normalized spacial score (nSPS) is 20.0. The van der Waals surface area contributed by atoms with Gasteiger partial charge in [-0.3, -0.25) is 10.1 Å². The molecule has 7 nitrogen and oxygen atoms in total. The molecule has 0 saturated heterocycles. The van der Waals surface area contributed by atoms with E-state index in [1.54, 1.807) is 17.8 Å². The number of likely N-dealkylation sites (N-methyl/N-ethyl adjacent to an activating group) is 1. The summed E-state index contributed by atoms with van der Waals surface area (Å²) >= 11 is 1.76.